The summed E-state index contributed by atoms with van der Waals surface area (Å²) in [5, 5.41) is 14.4. The number of carbonyl (C=O) groups excluding carboxylic acids is 2. The first-order valence-electron chi connectivity index (χ1n) is 11.8. The quantitative estimate of drug-likeness (QED) is 0.440. The molecule has 0 spiro atoms. The van der Waals surface area contributed by atoms with Crippen molar-refractivity contribution in [1.29, 1.82) is 0 Å². The topological polar surface area (TPSA) is 105 Å². The van der Waals surface area contributed by atoms with Gasteiger partial charge >= 0.3 is 12.1 Å². The van der Waals surface area contributed by atoms with Crippen LogP contribution in [0, 0.1) is 5.41 Å². The Morgan fingerprint density at radius 2 is 1.56 bits per heavy atom. The first-order valence-corrected chi connectivity index (χ1v) is 11.8. The van der Waals surface area contributed by atoms with Gasteiger partial charge in [-0.1, -0.05) is 69.3 Å². The summed E-state index contributed by atoms with van der Waals surface area (Å²) in [4.78, 5) is 35.7. The Kier molecular flexibility index (Phi) is 8.31. The number of alkyl carbamates (subject to hydrolysis) is 1. The monoisotopic (exact) mass is 466 g/mol. The number of carboxylic acid groups (broad SMARTS) is 1. The third kappa shape index (κ3) is 6.59. The molecule has 2 aromatic rings. The maximum Gasteiger partial charge on any atom is 0.407 e. The zero-order valence-electron chi connectivity index (χ0n) is 20.1. The zero-order chi connectivity index (χ0) is 24.7. The average Bonchev–Trinajstić information content (AvgIpc) is 3.10. The molecule has 0 heterocycles. The summed E-state index contributed by atoms with van der Waals surface area (Å²) in [7, 11) is 0. The molecule has 0 saturated carbocycles. The molecule has 1 aliphatic carbocycles. The van der Waals surface area contributed by atoms with Crippen LogP contribution in [0.25, 0.3) is 11.1 Å². The molecule has 2 amide bonds. The Bertz CT molecular complexity index is 982. The predicted molar refractivity (Wildman–Crippen MR) is 131 cm³/mol. The third-order valence-electron chi connectivity index (χ3n) is 6.21. The van der Waals surface area contributed by atoms with Gasteiger partial charge in [-0.25, -0.2) is 4.79 Å². The number of hydrogen-bond acceptors (Lipinski definition) is 4. The van der Waals surface area contributed by atoms with Crippen molar-refractivity contribution in [2.45, 2.75) is 58.4 Å². The van der Waals surface area contributed by atoms with Gasteiger partial charge in [0.05, 0.1) is 0 Å². The second kappa shape index (κ2) is 11.2. The Balaban J connectivity index is 1.54. The fraction of sp³-hybridized carbons (Fsp3) is 0.444. The Labute approximate surface area is 200 Å². The molecular formula is C27H34N2O5. The van der Waals surface area contributed by atoms with Crippen molar-refractivity contribution in [2.75, 3.05) is 13.2 Å². The highest BCUT2D eigenvalue weighted by molar-refractivity contribution is 5.79. The van der Waals surface area contributed by atoms with Crippen LogP contribution >= 0.6 is 0 Å². The fourth-order valence-corrected chi connectivity index (χ4v) is 4.24. The molecular weight excluding hydrogens is 432 g/mol. The Morgan fingerprint density at radius 1 is 0.971 bits per heavy atom. The van der Waals surface area contributed by atoms with Crippen LogP contribution in [0.3, 0.4) is 0 Å². The van der Waals surface area contributed by atoms with Gasteiger partial charge in [0.15, 0.2) is 0 Å². The van der Waals surface area contributed by atoms with Crippen molar-refractivity contribution in [3.8, 4) is 11.1 Å². The number of benzene rings is 2. The van der Waals surface area contributed by atoms with Gasteiger partial charge in [0.2, 0.25) is 5.91 Å². The lowest BCUT2D eigenvalue weighted by molar-refractivity contribution is -0.137. The molecule has 1 aliphatic rings. The predicted octanol–water partition coefficient (Wildman–Crippen LogP) is 4.70. The first kappa shape index (κ1) is 25.3. The van der Waals surface area contributed by atoms with Crippen LogP contribution in [-0.4, -0.2) is 42.3 Å². The van der Waals surface area contributed by atoms with Crippen LogP contribution in [0.4, 0.5) is 4.79 Å². The highest BCUT2D eigenvalue weighted by Crippen LogP contribution is 2.44. The van der Waals surface area contributed by atoms with Gasteiger partial charge in [0.25, 0.3) is 0 Å². The van der Waals surface area contributed by atoms with E-state index < -0.39 is 18.1 Å². The Morgan fingerprint density at radius 3 is 2.12 bits per heavy atom. The molecule has 1 unspecified atom stereocenters. The van der Waals surface area contributed by atoms with Crippen LogP contribution in [0.5, 0.6) is 0 Å². The molecule has 7 heteroatoms. The second-order valence-electron chi connectivity index (χ2n) is 9.79. The molecule has 3 N–H and O–H groups in total. The third-order valence-corrected chi connectivity index (χ3v) is 6.21. The van der Waals surface area contributed by atoms with E-state index in [1.54, 1.807) is 0 Å². The number of amides is 2. The molecule has 7 nitrogen and oxygen atoms in total. The van der Waals surface area contributed by atoms with Crippen LogP contribution in [-0.2, 0) is 14.3 Å². The van der Waals surface area contributed by atoms with Gasteiger partial charge in [-0.15, -0.1) is 0 Å². The van der Waals surface area contributed by atoms with Crippen LogP contribution in [0.15, 0.2) is 48.5 Å². The number of carbonyl (C=O) groups is 3. The van der Waals surface area contributed by atoms with Gasteiger partial charge in [-0.05, 0) is 40.5 Å². The van der Waals surface area contributed by atoms with E-state index in [2.05, 4.69) is 34.9 Å². The molecule has 182 valence electrons. The molecule has 0 saturated heterocycles. The zero-order valence-corrected chi connectivity index (χ0v) is 20.1. The number of rotatable bonds is 10. The summed E-state index contributed by atoms with van der Waals surface area (Å²) in [5.74, 6) is -1.05. The van der Waals surface area contributed by atoms with Gasteiger partial charge in [-0.3, -0.25) is 9.59 Å². The van der Waals surface area contributed by atoms with E-state index >= 15 is 0 Å². The summed E-state index contributed by atoms with van der Waals surface area (Å²) >= 11 is 0. The van der Waals surface area contributed by atoms with E-state index in [0.29, 0.717) is 19.4 Å². The smallest absolute Gasteiger partial charge is 0.407 e. The van der Waals surface area contributed by atoms with E-state index in [1.165, 1.54) is 11.1 Å². The summed E-state index contributed by atoms with van der Waals surface area (Å²) in [6.45, 7) is 6.51. The summed E-state index contributed by atoms with van der Waals surface area (Å²) in [5.41, 5.74) is 4.27. The second-order valence-corrected chi connectivity index (χ2v) is 9.79. The lowest BCUT2D eigenvalue weighted by atomic mass is 9.84. The largest absolute Gasteiger partial charge is 0.481 e. The molecule has 0 aliphatic heterocycles. The average molecular weight is 467 g/mol. The maximum atomic E-state index is 12.7. The van der Waals surface area contributed by atoms with Gasteiger partial charge < -0.3 is 20.5 Å². The van der Waals surface area contributed by atoms with Crippen molar-refractivity contribution in [3.63, 3.8) is 0 Å². The summed E-state index contributed by atoms with van der Waals surface area (Å²) < 4.78 is 5.65. The van der Waals surface area contributed by atoms with Crippen molar-refractivity contribution >= 4 is 18.0 Å². The molecule has 0 aromatic heterocycles. The highest BCUT2D eigenvalue weighted by atomic mass is 16.5. The van der Waals surface area contributed by atoms with Crippen molar-refractivity contribution in [2.24, 2.45) is 5.41 Å². The first-order chi connectivity index (χ1) is 16.2. The molecule has 1 atom stereocenters. The molecule has 0 radical (unpaired) electrons. The van der Waals surface area contributed by atoms with E-state index in [9.17, 15) is 14.4 Å². The van der Waals surface area contributed by atoms with Crippen molar-refractivity contribution < 1.29 is 24.2 Å². The molecule has 0 fully saturated rings. The van der Waals surface area contributed by atoms with Gasteiger partial charge in [0.1, 0.15) is 6.61 Å². The van der Waals surface area contributed by atoms with E-state index in [0.717, 1.165) is 11.1 Å². The summed E-state index contributed by atoms with van der Waals surface area (Å²) in [6, 6.07) is 15.9. The van der Waals surface area contributed by atoms with Gasteiger partial charge in [-0.2, -0.15) is 0 Å². The minimum Gasteiger partial charge on any atom is -0.481 e. The minimum absolute atomic E-state index is 0.0275. The Hall–Kier alpha value is -3.35. The van der Waals surface area contributed by atoms with Crippen molar-refractivity contribution in [1.82, 2.24) is 10.6 Å². The standard InChI is InChI=1S/C27H34N2O5/c1-27(2,3)23(16-24(30)28-15-9-8-14-25(31)32)29-26(33)34-17-22-20-12-6-4-10-18(20)19-11-5-7-13-21(19)22/h4-7,10-13,22-23H,8-9,14-17H2,1-3H3,(H,28,30)(H,29,33)(H,31,32). The van der Waals surface area contributed by atoms with Crippen LogP contribution in [0.2, 0.25) is 0 Å². The SMILES string of the molecule is CC(C)(C)C(CC(=O)NCCCCC(=O)O)NC(=O)OCC1c2ccccc2-c2ccccc21. The number of fused-ring (bicyclic) bond motifs is 3. The lowest BCUT2D eigenvalue weighted by Gasteiger charge is -2.31. The van der Waals surface area contributed by atoms with Crippen LogP contribution < -0.4 is 10.6 Å². The summed E-state index contributed by atoms with van der Waals surface area (Å²) in [6.07, 6.45) is 0.765. The van der Waals surface area contributed by atoms with E-state index in [4.69, 9.17) is 9.84 Å². The van der Waals surface area contributed by atoms with Gasteiger partial charge in [0, 0.05) is 31.3 Å². The highest BCUT2D eigenvalue weighted by Gasteiger charge is 2.31. The lowest BCUT2D eigenvalue weighted by Crippen LogP contribution is -2.47. The van der Waals surface area contributed by atoms with E-state index in [1.807, 2.05) is 45.0 Å². The fourth-order valence-electron chi connectivity index (χ4n) is 4.24. The number of aliphatic carboxylic acids is 1. The normalized spacial score (nSPS) is 13.5. The maximum absolute atomic E-state index is 12.7. The number of carboxylic acids is 1. The molecule has 3 rings (SSSR count). The molecule has 2 aromatic carbocycles. The number of hydrogen-bond donors (Lipinski definition) is 3. The number of ether oxygens (including phenoxy) is 1. The minimum atomic E-state index is -0.841. The number of nitrogens with one attached hydrogen (secondary N) is 2. The van der Waals surface area contributed by atoms with Crippen LogP contribution in [0.1, 0.15) is 63.5 Å². The van der Waals surface area contributed by atoms with E-state index in [-0.39, 0.29) is 36.7 Å². The number of unbranched alkanes of at least 4 members (excludes halogenated alkanes) is 1. The van der Waals surface area contributed by atoms with Crippen molar-refractivity contribution in [3.05, 3.63) is 59.7 Å². The molecule has 34 heavy (non-hydrogen) atoms. The molecule has 0 bridgehead atoms.